The third-order valence-corrected chi connectivity index (χ3v) is 5.27. The summed E-state index contributed by atoms with van der Waals surface area (Å²) in [5.74, 6) is 0. The summed E-state index contributed by atoms with van der Waals surface area (Å²) in [6, 6.07) is 15.1. The van der Waals surface area contributed by atoms with E-state index >= 15 is 0 Å². The van der Waals surface area contributed by atoms with E-state index in [1.54, 1.807) is 0 Å². The fourth-order valence-corrected chi connectivity index (χ4v) is 3.58. The molecule has 4 rings (SSSR count). The van der Waals surface area contributed by atoms with Crippen molar-refractivity contribution in [2.75, 3.05) is 29.9 Å². The molecule has 2 amide bonds. The van der Waals surface area contributed by atoms with Gasteiger partial charge in [0.2, 0.25) is 0 Å². The van der Waals surface area contributed by atoms with Gasteiger partial charge in [-0.1, -0.05) is 24.3 Å². The lowest BCUT2D eigenvalue weighted by Gasteiger charge is -2.45. The minimum atomic E-state index is 0.00184. The number of carbonyl (C=O) groups excluding carboxylic acids is 1. The van der Waals surface area contributed by atoms with Gasteiger partial charge in [0, 0.05) is 31.0 Å². The molecule has 2 aromatic carbocycles. The lowest BCUT2D eigenvalue weighted by atomic mass is 10.1. The Morgan fingerprint density at radius 3 is 2.67 bits per heavy atom. The zero-order valence-corrected chi connectivity index (χ0v) is 14.2. The summed E-state index contributed by atoms with van der Waals surface area (Å²) in [5, 5.41) is 3.01. The number of hydrogen-bond acceptors (Lipinski definition) is 2. The molecule has 1 fully saturated rings. The Bertz CT molecular complexity index is 780. The normalized spacial score (nSPS) is 16.8. The monoisotopic (exact) mass is 321 g/mol. The maximum absolute atomic E-state index is 12.4. The molecule has 1 saturated heterocycles. The molecule has 0 saturated carbocycles. The lowest BCUT2D eigenvalue weighted by molar-refractivity contribution is 0.162. The van der Waals surface area contributed by atoms with Crippen molar-refractivity contribution >= 4 is 17.4 Å². The number of urea groups is 1. The standard InChI is InChI=1S/C20H23N3O/c1-14-7-8-17(11-15(14)2)21-20(24)22-12-18(13-22)23-10-9-16-5-3-4-6-19(16)23/h3-8,11,18H,9-10,12-13H2,1-2H3,(H,21,24). The van der Waals surface area contributed by atoms with Gasteiger partial charge in [-0.3, -0.25) is 0 Å². The van der Waals surface area contributed by atoms with Crippen molar-refractivity contribution in [3.05, 3.63) is 59.2 Å². The number of nitrogens with one attached hydrogen (secondary N) is 1. The first-order valence-corrected chi connectivity index (χ1v) is 8.59. The van der Waals surface area contributed by atoms with Crippen molar-refractivity contribution in [1.82, 2.24) is 4.90 Å². The quantitative estimate of drug-likeness (QED) is 0.917. The van der Waals surface area contributed by atoms with Crippen LogP contribution in [0, 0.1) is 13.8 Å². The predicted octanol–water partition coefficient (Wildman–Crippen LogP) is 3.58. The summed E-state index contributed by atoms with van der Waals surface area (Å²) < 4.78 is 0. The minimum absolute atomic E-state index is 0.00184. The Labute approximate surface area is 143 Å². The number of carbonyl (C=O) groups is 1. The highest BCUT2D eigenvalue weighted by atomic mass is 16.2. The Morgan fingerprint density at radius 2 is 1.88 bits per heavy atom. The summed E-state index contributed by atoms with van der Waals surface area (Å²) >= 11 is 0. The van der Waals surface area contributed by atoms with E-state index in [0.29, 0.717) is 6.04 Å². The summed E-state index contributed by atoms with van der Waals surface area (Å²) in [6.45, 7) is 6.80. The van der Waals surface area contributed by atoms with Gasteiger partial charge in [0.05, 0.1) is 6.04 Å². The van der Waals surface area contributed by atoms with Crippen molar-refractivity contribution in [2.24, 2.45) is 0 Å². The van der Waals surface area contributed by atoms with Crippen LogP contribution in [0.15, 0.2) is 42.5 Å². The number of fused-ring (bicyclic) bond motifs is 1. The third kappa shape index (κ3) is 2.62. The maximum atomic E-state index is 12.4. The van der Waals surface area contributed by atoms with Crippen molar-refractivity contribution in [2.45, 2.75) is 26.3 Å². The van der Waals surface area contributed by atoms with Crippen LogP contribution >= 0.6 is 0 Å². The first kappa shape index (κ1) is 15.1. The van der Waals surface area contributed by atoms with Crippen molar-refractivity contribution in [1.29, 1.82) is 0 Å². The Balaban J connectivity index is 1.36. The van der Waals surface area contributed by atoms with Gasteiger partial charge in [0.15, 0.2) is 0 Å². The van der Waals surface area contributed by atoms with Gasteiger partial charge in [-0.25, -0.2) is 4.79 Å². The first-order valence-electron chi connectivity index (χ1n) is 8.59. The van der Waals surface area contributed by atoms with Crippen LogP contribution in [0.4, 0.5) is 16.2 Å². The van der Waals surface area contributed by atoms with Crippen LogP contribution in [0.3, 0.4) is 0 Å². The molecule has 124 valence electrons. The number of nitrogens with zero attached hydrogens (tertiary/aromatic N) is 2. The molecule has 4 heteroatoms. The van der Waals surface area contributed by atoms with Gasteiger partial charge in [0.25, 0.3) is 0 Å². The molecule has 4 nitrogen and oxygen atoms in total. The van der Waals surface area contributed by atoms with Crippen LogP contribution in [0.5, 0.6) is 0 Å². The highest BCUT2D eigenvalue weighted by molar-refractivity contribution is 5.90. The van der Waals surface area contributed by atoms with E-state index < -0.39 is 0 Å². The van der Waals surface area contributed by atoms with E-state index in [1.165, 1.54) is 22.4 Å². The van der Waals surface area contributed by atoms with E-state index in [1.807, 2.05) is 23.1 Å². The molecule has 0 atom stereocenters. The average Bonchev–Trinajstić information content (AvgIpc) is 2.94. The molecule has 2 aliphatic rings. The summed E-state index contributed by atoms with van der Waals surface area (Å²) in [6.07, 6.45) is 1.11. The van der Waals surface area contributed by atoms with Crippen LogP contribution in [0.25, 0.3) is 0 Å². The number of rotatable bonds is 2. The smallest absolute Gasteiger partial charge is 0.321 e. The fourth-order valence-electron chi connectivity index (χ4n) is 3.58. The van der Waals surface area contributed by atoms with Crippen molar-refractivity contribution in [3.8, 4) is 0 Å². The number of para-hydroxylation sites is 1. The first-order chi connectivity index (χ1) is 11.6. The average molecular weight is 321 g/mol. The van der Waals surface area contributed by atoms with Gasteiger partial charge in [-0.15, -0.1) is 0 Å². The molecule has 0 bridgehead atoms. The Hall–Kier alpha value is -2.49. The molecule has 2 aromatic rings. The molecule has 1 N–H and O–H groups in total. The SMILES string of the molecule is Cc1ccc(NC(=O)N2CC(N3CCc4ccccc43)C2)cc1C. The molecule has 2 heterocycles. The molecule has 0 aromatic heterocycles. The highest BCUT2D eigenvalue weighted by Gasteiger charge is 2.37. The van der Waals surface area contributed by atoms with Gasteiger partial charge in [0.1, 0.15) is 0 Å². The van der Waals surface area contributed by atoms with Crippen LogP contribution in [-0.4, -0.2) is 36.6 Å². The number of benzene rings is 2. The summed E-state index contributed by atoms with van der Waals surface area (Å²) in [7, 11) is 0. The third-order valence-electron chi connectivity index (χ3n) is 5.27. The number of amides is 2. The van der Waals surface area contributed by atoms with E-state index in [2.05, 4.69) is 48.3 Å². The highest BCUT2D eigenvalue weighted by Crippen LogP contribution is 2.32. The van der Waals surface area contributed by atoms with E-state index in [4.69, 9.17) is 0 Å². The second-order valence-corrected chi connectivity index (χ2v) is 6.86. The topological polar surface area (TPSA) is 35.6 Å². The zero-order chi connectivity index (χ0) is 16.7. The van der Waals surface area contributed by atoms with E-state index in [9.17, 15) is 4.79 Å². The molecule has 0 spiro atoms. The number of aryl methyl sites for hydroxylation is 2. The Kier molecular flexibility index (Phi) is 3.68. The van der Waals surface area contributed by atoms with Crippen molar-refractivity contribution in [3.63, 3.8) is 0 Å². The van der Waals surface area contributed by atoms with E-state index in [-0.39, 0.29) is 6.03 Å². The van der Waals surface area contributed by atoms with Crippen LogP contribution in [-0.2, 0) is 6.42 Å². The molecular formula is C20H23N3O. The molecular weight excluding hydrogens is 298 g/mol. The molecule has 0 unspecified atom stereocenters. The Morgan fingerprint density at radius 1 is 1.08 bits per heavy atom. The number of hydrogen-bond donors (Lipinski definition) is 1. The van der Waals surface area contributed by atoms with Gasteiger partial charge in [-0.05, 0) is 55.2 Å². The fraction of sp³-hybridized carbons (Fsp3) is 0.350. The lowest BCUT2D eigenvalue weighted by Crippen LogP contribution is -2.61. The minimum Gasteiger partial charge on any atom is -0.364 e. The van der Waals surface area contributed by atoms with E-state index in [0.717, 1.165) is 31.7 Å². The molecule has 2 aliphatic heterocycles. The molecule has 0 radical (unpaired) electrons. The summed E-state index contributed by atoms with van der Waals surface area (Å²) in [5.41, 5.74) is 6.08. The van der Waals surface area contributed by atoms with Crippen LogP contribution < -0.4 is 10.2 Å². The van der Waals surface area contributed by atoms with Crippen LogP contribution in [0.1, 0.15) is 16.7 Å². The molecule has 0 aliphatic carbocycles. The van der Waals surface area contributed by atoms with Gasteiger partial charge in [-0.2, -0.15) is 0 Å². The second-order valence-electron chi connectivity index (χ2n) is 6.86. The van der Waals surface area contributed by atoms with Crippen molar-refractivity contribution < 1.29 is 4.79 Å². The molecule has 24 heavy (non-hydrogen) atoms. The largest absolute Gasteiger partial charge is 0.364 e. The summed E-state index contributed by atoms with van der Waals surface area (Å²) in [4.78, 5) is 16.7. The number of anilines is 2. The predicted molar refractivity (Wildman–Crippen MR) is 97.8 cm³/mol. The number of likely N-dealkylation sites (tertiary alicyclic amines) is 1. The van der Waals surface area contributed by atoms with Gasteiger partial charge >= 0.3 is 6.03 Å². The van der Waals surface area contributed by atoms with Gasteiger partial charge < -0.3 is 15.1 Å². The zero-order valence-electron chi connectivity index (χ0n) is 14.2. The van der Waals surface area contributed by atoms with Crippen LogP contribution in [0.2, 0.25) is 0 Å². The second kappa shape index (κ2) is 5.86. The maximum Gasteiger partial charge on any atom is 0.321 e.